The van der Waals surface area contributed by atoms with Crippen molar-refractivity contribution in [2.75, 3.05) is 18.4 Å². The number of benzene rings is 1. The maximum absolute atomic E-state index is 12.2. The Hall–Kier alpha value is -2.14. The standard InChI is InChI=1S/C16H16N2O2S/c19-15(14-4-3-11-21-14)17-13-7-5-12(6-8-13)16(20)18-9-1-2-10-18/h3-8,11H,1-2,9-10H2,(H,17,19). The average Bonchev–Trinajstić information content (AvgIpc) is 3.20. The number of carbonyl (C=O) groups is 2. The Morgan fingerprint density at radius 2 is 1.76 bits per heavy atom. The maximum Gasteiger partial charge on any atom is 0.265 e. The van der Waals surface area contributed by atoms with Gasteiger partial charge in [-0.05, 0) is 48.6 Å². The van der Waals surface area contributed by atoms with Crippen LogP contribution in [0.15, 0.2) is 41.8 Å². The van der Waals surface area contributed by atoms with E-state index in [0.717, 1.165) is 25.9 Å². The SMILES string of the molecule is O=C(Nc1ccc(C(=O)N2CCCC2)cc1)c1cccs1. The lowest BCUT2D eigenvalue weighted by atomic mass is 10.2. The Balaban J connectivity index is 1.66. The fraction of sp³-hybridized carbons (Fsp3) is 0.250. The molecule has 0 radical (unpaired) electrons. The second kappa shape index (κ2) is 6.10. The number of amides is 2. The maximum atomic E-state index is 12.2. The van der Waals surface area contributed by atoms with Gasteiger partial charge in [-0.3, -0.25) is 9.59 Å². The summed E-state index contributed by atoms with van der Waals surface area (Å²) in [5.41, 5.74) is 1.37. The van der Waals surface area contributed by atoms with Crippen LogP contribution in [0, 0.1) is 0 Å². The first-order chi connectivity index (χ1) is 10.2. The Morgan fingerprint density at radius 3 is 2.38 bits per heavy atom. The van der Waals surface area contributed by atoms with E-state index in [-0.39, 0.29) is 11.8 Å². The molecule has 108 valence electrons. The molecule has 0 atom stereocenters. The quantitative estimate of drug-likeness (QED) is 0.946. The number of nitrogens with zero attached hydrogens (tertiary/aromatic N) is 1. The van der Waals surface area contributed by atoms with E-state index in [9.17, 15) is 9.59 Å². The molecular formula is C16H16N2O2S. The molecule has 4 nitrogen and oxygen atoms in total. The van der Waals surface area contributed by atoms with E-state index in [1.165, 1.54) is 11.3 Å². The summed E-state index contributed by atoms with van der Waals surface area (Å²) in [6, 6.07) is 10.7. The fourth-order valence-corrected chi connectivity index (χ4v) is 3.02. The second-order valence-electron chi connectivity index (χ2n) is 5.01. The molecule has 1 aromatic heterocycles. The largest absolute Gasteiger partial charge is 0.339 e. The molecule has 0 bridgehead atoms. The molecule has 0 saturated carbocycles. The predicted molar refractivity (Wildman–Crippen MR) is 83.9 cm³/mol. The van der Waals surface area contributed by atoms with Crippen LogP contribution < -0.4 is 5.32 Å². The molecule has 0 aliphatic carbocycles. The summed E-state index contributed by atoms with van der Waals surface area (Å²) in [4.78, 5) is 26.7. The van der Waals surface area contributed by atoms with Gasteiger partial charge in [-0.2, -0.15) is 0 Å². The first-order valence-corrected chi connectivity index (χ1v) is 7.86. The summed E-state index contributed by atoms with van der Waals surface area (Å²) in [5.74, 6) is -0.0488. The van der Waals surface area contributed by atoms with Crippen LogP contribution in [-0.4, -0.2) is 29.8 Å². The van der Waals surface area contributed by atoms with E-state index in [4.69, 9.17) is 0 Å². The minimum absolute atomic E-state index is 0.0728. The lowest BCUT2D eigenvalue weighted by Gasteiger charge is -2.15. The van der Waals surface area contributed by atoms with Gasteiger partial charge in [0.25, 0.3) is 11.8 Å². The smallest absolute Gasteiger partial charge is 0.265 e. The Kier molecular flexibility index (Phi) is 4.01. The molecule has 5 heteroatoms. The predicted octanol–water partition coefficient (Wildman–Crippen LogP) is 3.24. The van der Waals surface area contributed by atoms with Crippen LogP contribution in [0.25, 0.3) is 0 Å². The van der Waals surface area contributed by atoms with E-state index in [2.05, 4.69) is 5.32 Å². The average molecular weight is 300 g/mol. The number of hydrogen-bond donors (Lipinski definition) is 1. The van der Waals surface area contributed by atoms with E-state index in [1.807, 2.05) is 16.3 Å². The number of likely N-dealkylation sites (tertiary alicyclic amines) is 1. The molecule has 1 aliphatic heterocycles. The zero-order chi connectivity index (χ0) is 14.7. The molecule has 1 saturated heterocycles. The summed E-state index contributed by atoms with van der Waals surface area (Å²) in [6.07, 6.45) is 2.17. The lowest BCUT2D eigenvalue weighted by Crippen LogP contribution is -2.27. The van der Waals surface area contributed by atoms with Crippen LogP contribution in [0.2, 0.25) is 0 Å². The Labute approximate surface area is 127 Å². The van der Waals surface area contributed by atoms with Gasteiger partial charge < -0.3 is 10.2 Å². The van der Waals surface area contributed by atoms with Crippen molar-refractivity contribution in [2.45, 2.75) is 12.8 Å². The number of hydrogen-bond acceptors (Lipinski definition) is 3. The minimum Gasteiger partial charge on any atom is -0.339 e. The summed E-state index contributed by atoms with van der Waals surface area (Å²) < 4.78 is 0. The Morgan fingerprint density at radius 1 is 1.05 bits per heavy atom. The Bertz CT molecular complexity index is 629. The van der Waals surface area contributed by atoms with Crippen molar-refractivity contribution in [1.29, 1.82) is 0 Å². The van der Waals surface area contributed by atoms with Crippen molar-refractivity contribution in [2.24, 2.45) is 0 Å². The highest BCUT2D eigenvalue weighted by Gasteiger charge is 2.19. The lowest BCUT2D eigenvalue weighted by molar-refractivity contribution is 0.0792. The monoisotopic (exact) mass is 300 g/mol. The van der Waals surface area contributed by atoms with Crippen LogP contribution >= 0.6 is 11.3 Å². The number of nitrogens with one attached hydrogen (secondary N) is 1. The van der Waals surface area contributed by atoms with Gasteiger partial charge in [0.1, 0.15) is 0 Å². The van der Waals surface area contributed by atoms with Crippen molar-refractivity contribution in [3.05, 3.63) is 52.2 Å². The third-order valence-electron chi connectivity index (χ3n) is 3.53. The number of anilines is 1. The van der Waals surface area contributed by atoms with Crippen molar-refractivity contribution in [3.63, 3.8) is 0 Å². The zero-order valence-corrected chi connectivity index (χ0v) is 12.4. The fourth-order valence-electron chi connectivity index (χ4n) is 2.40. The molecular weight excluding hydrogens is 284 g/mol. The van der Waals surface area contributed by atoms with Crippen LogP contribution in [0.5, 0.6) is 0 Å². The van der Waals surface area contributed by atoms with E-state index >= 15 is 0 Å². The molecule has 0 unspecified atom stereocenters. The van der Waals surface area contributed by atoms with Crippen LogP contribution in [-0.2, 0) is 0 Å². The van der Waals surface area contributed by atoms with Gasteiger partial charge >= 0.3 is 0 Å². The van der Waals surface area contributed by atoms with Gasteiger partial charge in [0.05, 0.1) is 4.88 Å². The van der Waals surface area contributed by atoms with E-state index in [1.54, 1.807) is 30.3 Å². The van der Waals surface area contributed by atoms with Gasteiger partial charge in [-0.1, -0.05) is 6.07 Å². The highest BCUT2D eigenvalue weighted by atomic mass is 32.1. The summed E-state index contributed by atoms with van der Waals surface area (Å²) in [6.45, 7) is 1.69. The van der Waals surface area contributed by atoms with Crippen LogP contribution in [0.3, 0.4) is 0 Å². The molecule has 2 aromatic rings. The van der Waals surface area contributed by atoms with E-state index < -0.39 is 0 Å². The van der Waals surface area contributed by atoms with Crippen molar-refractivity contribution >= 4 is 28.8 Å². The second-order valence-corrected chi connectivity index (χ2v) is 5.96. The first kappa shape index (κ1) is 13.8. The van der Waals surface area contributed by atoms with Crippen LogP contribution in [0.1, 0.15) is 32.9 Å². The van der Waals surface area contributed by atoms with Crippen LogP contribution in [0.4, 0.5) is 5.69 Å². The number of carbonyl (C=O) groups excluding carboxylic acids is 2. The number of thiophene rings is 1. The molecule has 1 aromatic carbocycles. The first-order valence-electron chi connectivity index (χ1n) is 6.98. The van der Waals surface area contributed by atoms with Gasteiger partial charge in [0.15, 0.2) is 0 Å². The van der Waals surface area contributed by atoms with Gasteiger partial charge in [0, 0.05) is 24.3 Å². The van der Waals surface area contributed by atoms with Crippen molar-refractivity contribution in [1.82, 2.24) is 4.90 Å². The molecule has 3 rings (SSSR count). The van der Waals surface area contributed by atoms with Gasteiger partial charge in [0.2, 0.25) is 0 Å². The molecule has 21 heavy (non-hydrogen) atoms. The van der Waals surface area contributed by atoms with Gasteiger partial charge in [-0.25, -0.2) is 0 Å². The van der Waals surface area contributed by atoms with E-state index in [0.29, 0.717) is 16.1 Å². The number of rotatable bonds is 3. The highest BCUT2D eigenvalue weighted by molar-refractivity contribution is 7.12. The summed E-state index contributed by atoms with van der Waals surface area (Å²) in [7, 11) is 0. The molecule has 1 N–H and O–H groups in total. The molecule has 0 spiro atoms. The molecule has 1 aliphatic rings. The minimum atomic E-state index is -0.122. The van der Waals surface area contributed by atoms with Gasteiger partial charge in [-0.15, -0.1) is 11.3 Å². The topological polar surface area (TPSA) is 49.4 Å². The molecule has 1 fully saturated rings. The third-order valence-corrected chi connectivity index (χ3v) is 4.40. The third kappa shape index (κ3) is 3.13. The summed E-state index contributed by atoms with van der Waals surface area (Å²) >= 11 is 1.40. The molecule has 2 heterocycles. The zero-order valence-electron chi connectivity index (χ0n) is 11.5. The summed E-state index contributed by atoms with van der Waals surface area (Å²) in [5, 5.41) is 4.69. The highest BCUT2D eigenvalue weighted by Crippen LogP contribution is 2.17. The van der Waals surface area contributed by atoms with Crippen molar-refractivity contribution < 1.29 is 9.59 Å². The normalized spacial score (nSPS) is 14.2. The molecule has 2 amide bonds. The van der Waals surface area contributed by atoms with Crippen molar-refractivity contribution in [3.8, 4) is 0 Å².